The molecule has 0 aliphatic rings. The van der Waals surface area contributed by atoms with Gasteiger partial charge in [0.2, 0.25) is 0 Å². The molecule has 3 N–H and O–H groups in total. The van der Waals surface area contributed by atoms with Crippen LogP contribution in [0.2, 0.25) is 5.02 Å². The van der Waals surface area contributed by atoms with Crippen molar-refractivity contribution in [2.24, 2.45) is 0 Å². The molecular weight excluding hydrogens is 290 g/mol. The first-order valence-corrected chi connectivity index (χ1v) is 6.67. The van der Waals surface area contributed by atoms with Crippen LogP contribution in [0.3, 0.4) is 0 Å². The maximum atomic E-state index is 12.2. The molecule has 0 saturated carbocycles. The Labute approximate surface area is 125 Å². The number of nitrogens with one attached hydrogen (secondary N) is 3. The van der Waals surface area contributed by atoms with Crippen LogP contribution in [0.4, 0.5) is 0 Å². The molecule has 2 aromatic heterocycles. The van der Waals surface area contributed by atoms with Gasteiger partial charge in [0, 0.05) is 23.0 Å². The molecule has 7 heteroatoms. The van der Waals surface area contributed by atoms with E-state index in [0.29, 0.717) is 28.6 Å². The molecule has 0 fully saturated rings. The van der Waals surface area contributed by atoms with Crippen molar-refractivity contribution in [3.63, 3.8) is 0 Å². The predicted octanol–water partition coefficient (Wildman–Crippen LogP) is 2.38. The number of amides is 1. The Morgan fingerprint density at radius 3 is 3.05 bits per heavy atom. The molecule has 6 nitrogen and oxygen atoms in total. The van der Waals surface area contributed by atoms with Gasteiger partial charge in [0.15, 0.2) is 0 Å². The van der Waals surface area contributed by atoms with Gasteiger partial charge in [-0.15, -0.1) is 0 Å². The van der Waals surface area contributed by atoms with Crippen LogP contribution in [0.15, 0.2) is 42.9 Å². The van der Waals surface area contributed by atoms with E-state index in [1.807, 2.05) is 12.1 Å². The number of halogens is 1. The lowest BCUT2D eigenvalue weighted by Gasteiger charge is -2.05. The summed E-state index contributed by atoms with van der Waals surface area (Å²) in [5, 5.41) is 10.2. The van der Waals surface area contributed by atoms with Gasteiger partial charge in [-0.25, -0.2) is 4.98 Å². The molecule has 0 unspecified atom stereocenters. The Balaban J connectivity index is 1.80. The fourth-order valence-electron chi connectivity index (χ4n) is 1.98. The van der Waals surface area contributed by atoms with Crippen LogP contribution in [0.5, 0.6) is 0 Å². The van der Waals surface area contributed by atoms with E-state index in [0.717, 1.165) is 5.56 Å². The van der Waals surface area contributed by atoms with Gasteiger partial charge >= 0.3 is 0 Å². The molecule has 3 rings (SSSR count). The Kier molecular flexibility index (Phi) is 3.70. The van der Waals surface area contributed by atoms with Crippen LogP contribution in [0, 0.1) is 0 Å². The van der Waals surface area contributed by atoms with Gasteiger partial charge in [-0.1, -0.05) is 23.7 Å². The summed E-state index contributed by atoms with van der Waals surface area (Å²) in [7, 11) is 0. The molecule has 0 aliphatic carbocycles. The van der Waals surface area contributed by atoms with E-state index in [-0.39, 0.29) is 5.91 Å². The van der Waals surface area contributed by atoms with Crippen molar-refractivity contribution in [1.29, 1.82) is 0 Å². The number of aromatic amines is 2. The van der Waals surface area contributed by atoms with Gasteiger partial charge in [0.05, 0.1) is 24.0 Å². The third-order valence-electron chi connectivity index (χ3n) is 2.97. The fraction of sp³-hybridized carbons (Fsp3) is 0.0714. The second-order valence-electron chi connectivity index (χ2n) is 4.39. The summed E-state index contributed by atoms with van der Waals surface area (Å²) < 4.78 is 0. The van der Waals surface area contributed by atoms with Crippen LogP contribution >= 0.6 is 11.6 Å². The van der Waals surface area contributed by atoms with Crippen LogP contribution in [0.1, 0.15) is 16.2 Å². The average molecular weight is 302 g/mol. The summed E-state index contributed by atoms with van der Waals surface area (Å²) in [6.07, 6.45) is 4.83. The summed E-state index contributed by atoms with van der Waals surface area (Å²) in [5.74, 6) is 0.464. The van der Waals surface area contributed by atoms with E-state index < -0.39 is 0 Å². The smallest absolute Gasteiger partial charge is 0.255 e. The summed E-state index contributed by atoms with van der Waals surface area (Å²) in [4.78, 5) is 19.2. The zero-order valence-corrected chi connectivity index (χ0v) is 11.7. The van der Waals surface area contributed by atoms with Gasteiger partial charge in [-0.2, -0.15) is 5.10 Å². The second kappa shape index (κ2) is 5.80. The number of rotatable bonds is 4. The number of carbonyl (C=O) groups excluding carboxylic acids is 1. The second-order valence-corrected chi connectivity index (χ2v) is 4.82. The lowest BCUT2D eigenvalue weighted by Crippen LogP contribution is -2.23. The van der Waals surface area contributed by atoms with E-state index in [1.54, 1.807) is 24.5 Å². The van der Waals surface area contributed by atoms with Gasteiger partial charge in [0.25, 0.3) is 5.91 Å². The Morgan fingerprint density at radius 2 is 2.29 bits per heavy atom. The molecule has 1 amide bonds. The number of H-pyrrole nitrogens is 2. The number of hydrogen-bond acceptors (Lipinski definition) is 3. The lowest BCUT2D eigenvalue weighted by atomic mass is 10.1. The van der Waals surface area contributed by atoms with Crippen LogP contribution < -0.4 is 5.32 Å². The number of benzene rings is 1. The van der Waals surface area contributed by atoms with Crippen LogP contribution in [0.25, 0.3) is 11.3 Å². The first kappa shape index (κ1) is 13.4. The summed E-state index contributed by atoms with van der Waals surface area (Å²) in [6.45, 7) is 0.325. The first-order chi connectivity index (χ1) is 10.2. The van der Waals surface area contributed by atoms with Crippen molar-refractivity contribution < 1.29 is 4.79 Å². The molecule has 0 saturated heterocycles. The number of imidazole rings is 1. The molecule has 0 radical (unpaired) electrons. The molecule has 0 bridgehead atoms. The SMILES string of the molecule is O=C(NCc1ncc[nH]1)c1cn[nH]c1-c1cccc(Cl)c1. The van der Waals surface area contributed by atoms with Crippen LogP contribution in [-0.2, 0) is 6.54 Å². The standard InChI is InChI=1S/C14H12ClN5O/c15-10-3-1-2-9(6-10)13-11(7-19-20-13)14(21)18-8-12-16-4-5-17-12/h1-7H,8H2,(H,16,17)(H,18,21)(H,19,20). The topological polar surface area (TPSA) is 86.5 Å². The van der Waals surface area contributed by atoms with Gasteiger partial charge < -0.3 is 10.3 Å². The van der Waals surface area contributed by atoms with E-state index in [1.165, 1.54) is 6.20 Å². The first-order valence-electron chi connectivity index (χ1n) is 6.30. The summed E-state index contributed by atoms with van der Waals surface area (Å²) in [6, 6.07) is 7.24. The molecule has 0 spiro atoms. The van der Waals surface area contributed by atoms with E-state index in [9.17, 15) is 4.79 Å². The van der Waals surface area contributed by atoms with E-state index in [2.05, 4.69) is 25.5 Å². The third-order valence-corrected chi connectivity index (χ3v) is 3.20. The molecule has 3 aromatic rings. The third kappa shape index (κ3) is 2.95. The highest BCUT2D eigenvalue weighted by Gasteiger charge is 2.15. The molecule has 0 aliphatic heterocycles. The van der Waals surface area contributed by atoms with Gasteiger partial charge in [-0.05, 0) is 12.1 Å². The van der Waals surface area contributed by atoms with Gasteiger partial charge in [-0.3, -0.25) is 9.89 Å². The highest BCUT2D eigenvalue weighted by molar-refractivity contribution is 6.30. The fourth-order valence-corrected chi connectivity index (χ4v) is 2.17. The number of aromatic nitrogens is 4. The van der Waals surface area contributed by atoms with Crippen molar-refractivity contribution in [1.82, 2.24) is 25.5 Å². The predicted molar refractivity (Wildman–Crippen MR) is 78.8 cm³/mol. The maximum Gasteiger partial charge on any atom is 0.255 e. The van der Waals surface area contributed by atoms with Crippen molar-refractivity contribution in [3.8, 4) is 11.3 Å². The van der Waals surface area contributed by atoms with Crippen LogP contribution in [-0.4, -0.2) is 26.1 Å². The number of hydrogen-bond donors (Lipinski definition) is 3. The molecule has 0 atom stereocenters. The average Bonchev–Trinajstić information content (AvgIpc) is 3.16. The van der Waals surface area contributed by atoms with Crippen molar-refractivity contribution in [2.45, 2.75) is 6.54 Å². The maximum absolute atomic E-state index is 12.2. The Morgan fingerprint density at radius 1 is 1.38 bits per heavy atom. The minimum atomic E-state index is -0.227. The summed E-state index contributed by atoms with van der Waals surface area (Å²) in [5.41, 5.74) is 1.90. The van der Waals surface area contributed by atoms with Crippen molar-refractivity contribution >= 4 is 17.5 Å². The Hall–Kier alpha value is -2.60. The summed E-state index contributed by atoms with van der Waals surface area (Å²) >= 11 is 5.98. The molecule has 106 valence electrons. The highest BCUT2D eigenvalue weighted by Crippen LogP contribution is 2.23. The van der Waals surface area contributed by atoms with Crippen molar-refractivity contribution in [2.75, 3.05) is 0 Å². The monoisotopic (exact) mass is 301 g/mol. The molecular formula is C14H12ClN5O. The van der Waals surface area contributed by atoms with Crippen molar-refractivity contribution in [3.05, 3.63) is 59.3 Å². The number of nitrogens with zero attached hydrogens (tertiary/aromatic N) is 2. The zero-order valence-electron chi connectivity index (χ0n) is 10.9. The highest BCUT2D eigenvalue weighted by atomic mass is 35.5. The Bertz CT molecular complexity index is 750. The zero-order chi connectivity index (χ0) is 14.7. The molecule has 2 heterocycles. The normalized spacial score (nSPS) is 10.5. The minimum absolute atomic E-state index is 0.227. The molecule has 1 aromatic carbocycles. The molecule has 21 heavy (non-hydrogen) atoms. The van der Waals surface area contributed by atoms with E-state index >= 15 is 0 Å². The van der Waals surface area contributed by atoms with Gasteiger partial charge in [0.1, 0.15) is 5.82 Å². The lowest BCUT2D eigenvalue weighted by molar-refractivity contribution is 0.0950. The largest absolute Gasteiger partial charge is 0.347 e. The minimum Gasteiger partial charge on any atom is -0.347 e. The number of carbonyl (C=O) groups is 1. The quantitative estimate of drug-likeness (QED) is 0.691. The van der Waals surface area contributed by atoms with E-state index in [4.69, 9.17) is 11.6 Å².